The monoisotopic (exact) mass is 150 g/mol. The minimum atomic E-state index is 0.578. The standard InChI is InChI=1S/C9H12NO/c1-7-3-2-4-8(7)9-5-6-11-10-9/h5-6,8H,2-4H2,1H3. The van der Waals surface area contributed by atoms with E-state index in [4.69, 9.17) is 4.52 Å². The van der Waals surface area contributed by atoms with Crippen LogP contribution in [0.4, 0.5) is 0 Å². The SMILES string of the molecule is C[C]1CCCC1c1ccon1. The molecule has 1 aliphatic rings. The lowest BCUT2D eigenvalue weighted by molar-refractivity contribution is 0.406. The molecule has 0 amide bonds. The Morgan fingerprint density at radius 1 is 1.64 bits per heavy atom. The van der Waals surface area contributed by atoms with Gasteiger partial charge in [0.05, 0.1) is 5.69 Å². The smallest absolute Gasteiger partial charge is 0.124 e. The Morgan fingerprint density at radius 3 is 3.09 bits per heavy atom. The highest BCUT2D eigenvalue weighted by Crippen LogP contribution is 2.39. The molecule has 2 rings (SSSR count). The van der Waals surface area contributed by atoms with Crippen LogP contribution in [0.2, 0.25) is 0 Å². The van der Waals surface area contributed by atoms with Crippen molar-refractivity contribution in [1.29, 1.82) is 0 Å². The zero-order valence-electron chi connectivity index (χ0n) is 6.71. The number of nitrogens with zero attached hydrogens (tertiary/aromatic N) is 1. The van der Waals surface area contributed by atoms with E-state index in [-0.39, 0.29) is 0 Å². The Morgan fingerprint density at radius 2 is 2.55 bits per heavy atom. The summed E-state index contributed by atoms with van der Waals surface area (Å²) in [6, 6.07) is 1.97. The van der Waals surface area contributed by atoms with Crippen LogP contribution < -0.4 is 0 Å². The van der Waals surface area contributed by atoms with Gasteiger partial charge in [-0.1, -0.05) is 18.5 Å². The first kappa shape index (κ1) is 6.89. The predicted molar refractivity (Wildman–Crippen MR) is 42.0 cm³/mol. The van der Waals surface area contributed by atoms with Gasteiger partial charge < -0.3 is 4.52 Å². The highest BCUT2D eigenvalue weighted by atomic mass is 16.5. The second kappa shape index (κ2) is 2.68. The summed E-state index contributed by atoms with van der Waals surface area (Å²) in [6.07, 6.45) is 5.47. The maximum absolute atomic E-state index is 4.81. The molecule has 2 heteroatoms. The Bertz CT molecular complexity index is 217. The van der Waals surface area contributed by atoms with E-state index in [0.717, 1.165) is 5.69 Å². The van der Waals surface area contributed by atoms with Gasteiger partial charge in [0.25, 0.3) is 0 Å². The van der Waals surface area contributed by atoms with Crippen LogP contribution >= 0.6 is 0 Å². The summed E-state index contributed by atoms with van der Waals surface area (Å²) in [5.41, 5.74) is 1.11. The molecule has 1 radical (unpaired) electrons. The number of rotatable bonds is 1. The highest BCUT2D eigenvalue weighted by molar-refractivity contribution is 5.17. The van der Waals surface area contributed by atoms with Crippen LogP contribution in [-0.2, 0) is 0 Å². The maximum Gasteiger partial charge on any atom is 0.124 e. The maximum atomic E-state index is 4.81. The molecule has 0 spiro atoms. The van der Waals surface area contributed by atoms with Crippen molar-refractivity contribution >= 4 is 0 Å². The summed E-state index contributed by atoms with van der Waals surface area (Å²) in [5.74, 6) is 2.13. The second-order valence-corrected chi connectivity index (χ2v) is 3.22. The summed E-state index contributed by atoms with van der Waals surface area (Å²) in [5, 5.41) is 3.95. The number of aromatic nitrogens is 1. The normalized spacial score (nSPS) is 26.1. The molecule has 59 valence electrons. The molecule has 0 N–H and O–H groups in total. The second-order valence-electron chi connectivity index (χ2n) is 3.22. The third kappa shape index (κ3) is 1.17. The Labute approximate surface area is 66.6 Å². The summed E-state index contributed by atoms with van der Waals surface area (Å²) in [6.45, 7) is 2.21. The third-order valence-electron chi connectivity index (χ3n) is 2.47. The lowest BCUT2D eigenvalue weighted by atomic mass is 9.95. The molecule has 1 aromatic heterocycles. The van der Waals surface area contributed by atoms with Crippen molar-refractivity contribution in [3.63, 3.8) is 0 Å². The molecular formula is C9H12NO. The van der Waals surface area contributed by atoms with Crippen LogP contribution in [0, 0.1) is 5.92 Å². The van der Waals surface area contributed by atoms with Gasteiger partial charge in [-0.25, -0.2) is 0 Å². The van der Waals surface area contributed by atoms with E-state index >= 15 is 0 Å². The van der Waals surface area contributed by atoms with E-state index < -0.39 is 0 Å². The van der Waals surface area contributed by atoms with Crippen molar-refractivity contribution in [2.24, 2.45) is 0 Å². The van der Waals surface area contributed by atoms with E-state index in [0.29, 0.717) is 5.92 Å². The predicted octanol–water partition coefficient (Wildman–Crippen LogP) is 2.54. The van der Waals surface area contributed by atoms with E-state index in [1.54, 1.807) is 12.2 Å². The van der Waals surface area contributed by atoms with Crippen molar-refractivity contribution in [2.45, 2.75) is 32.1 Å². The van der Waals surface area contributed by atoms with E-state index in [1.165, 1.54) is 19.3 Å². The van der Waals surface area contributed by atoms with Gasteiger partial charge in [0.15, 0.2) is 0 Å². The van der Waals surface area contributed by atoms with Gasteiger partial charge in [-0.2, -0.15) is 0 Å². The van der Waals surface area contributed by atoms with Crippen molar-refractivity contribution in [3.05, 3.63) is 23.9 Å². The van der Waals surface area contributed by atoms with Gasteiger partial charge in [0.1, 0.15) is 6.26 Å². The van der Waals surface area contributed by atoms with Gasteiger partial charge in [-0.3, -0.25) is 0 Å². The summed E-state index contributed by atoms with van der Waals surface area (Å²) in [7, 11) is 0. The minimum absolute atomic E-state index is 0.578. The molecule has 11 heavy (non-hydrogen) atoms. The first-order chi connectivity index (χ1) is 5.38. The molecule has 0 bridgehead atoms. The fourth-order valence-corrected chi connectivity index (χ4v) is 1.81. The lowest BCUT2D eigenvalue weighted by Gasteiger charge is -2.09. The van der Waals surface area contributed by atoms with E-state index in [9.17, 15) is 0 Å². The van der Waals surface area contributed by atoms with Crippen LogP contribution in [0.3, 0.4) is 0 Å². The zero-order valence-corrected chi connectivity index (χ0v) is 6.71. The van der Waals surface area contributed by atoms with Crippen molar-refractivity contribution < 1.29 is 4.52 Å². The molecular weight excluding hydrogens is 138 g/mol. The molecule has 2 nitrogen and oxygen atoms in total. The van der Waals surface area contributed by atoms with Gasteiger partial charge in [0, 0.05) is 12.0 Å². The van der Waals surface area contributed by atoms with Crippen molar-refractivity contribution in [2.75, 3.05) is 0 Å². The van der Waals surface area contributed by atoms with Crippen molar-refractivity contribution in [1.82, 2.24) is 5.16 Å². The average molecular weight is 150 g/mol. The number of hydrogen-bond acceptors (Lipinski definition) is 2. The lowest BCUT2D eigenvalue weighted by Crippen LogP contribution is -1.99. The molecule has 0 aromatic carbocycles. The molecule has 1 fully saturated rings. The first-order valence-corrected chi connectivity index (χ1v) is 4.10. The topological polar surface area (TPSA) is 26.0 Å². The molecule has 1 atom stereocenters. The molecule has 0 aliphatic heterocycles. The highest BCUT2D eigenvalue weighted by Gasteiger charge is 2.26. The molecule has 1 saturated carbocycles. The fourth-order valence-electron chi connectivity index (χ4n) is 1.81. The minimum Gasteiger partial charge on any atom is -0.365 e. The molecule has 0 saturated heterocycles. The molecule has 1 unspecified atom stereocenters. The van der Waals surface area contributed by atoms with Crippen LogP contribution in [0.25, 0.3) is 0 Å². The zero-order chi connectivity index (χ0) is 7.68. The van der Waals surface area contributed by atoms with E-state index in [2.05, 4.69) is 12.1 Å². The van der Waals surface area contributed by atoms with Gasteiger partial charge in [0.2, 0.25) is 0 Å². The van der Waals surface area contributed by atoms with Crippen molar-refractivity contribution in [3.8, 4) is 0 Å². The third-order valence-corrected chi connectivity index (χ3v) is 2.47. The van der Waals surface area contributed by atoms with Crippen LogP contribution in [0.1, 0.15) is 37.8 Å². The van der Waals surface area contributed by atoms with E-state index in [1.807, 2.05) is 6.07 Å². The van der Waals surface area contributed by atoms with Gasteiger partial charge in [-0.05, 0) is 18.8 Å². The summed E-state index contributed by atoms with van der Waals surface area (Å²) >= 11 is 0. The van der Waals surface area contributed by atoms with Crippen LogP contribution in [-0.4, -0.2) is 5.16 Å². The largest absolute Gasteiger partial charge is 0.365 e. The Hall–Kier alpha value is -0.790. The average Bonchev–Trinajstić information content (AvgIpc) is 2.55. The van der Waals surface area contributed by atoms with Gasteiger partial charge >= 0.3 is 0 Å². The van der Waals surface area contributed by atoms with Crippen LogP contribution in [0.15, 0.2) is 16.9 Å². The van der Waals surface area contributed by atoms with Gasteiger partial charge in [-0.15, -0.1) is 0 Å². The quantitative estimate of drug-likeness (QED) is 0.614. The Balaban J connectivity index is 2.16. The molecule has 1 aliphatic carbocycles. The van der Waals surface area contributed by atoms with Crippen LogP contribution in [0.5, 0.6) is 0 Å². The summed E-state index contributed by atoms with van der Waals surface area (Å²) < 4.78 is 4.81. The molecule has 1 aromatic rings. The first-order valence-electron chi connectivity index (χ1n) is 4.10. The molecule has 1 heterocycles. The number of hydrogen-bond donors (Lipinski definition) is 0. The Kier molecular flexibility index (Phi) is 1.68. The summed E-state index contributed by atoms with van der Waals surface area (Å²) in [4.78, 5) is 0. The fraction of sp³-hybridized carbons (Fsp3) is 0.556.